The standard InChI is InChI=1S/C34H47N3O4S/c1-5-18-35(21-24-14-10-8-11-15-24)31(39)28-27-20-23(4)34(42-27)29(28)32(40)37(25(7-3)22-38)30(34)33(41)36(19-6-2)26-16-12-9-13-17-26/h5-6,8,10-11,14-15,23,25-30,38H,1-2,7,9,12-13,16-22H2,3-4H3/t23?,25-,27+,28-,29-,30?,34?/m0/s1. The van der Waals surface area contributed by atoms with Crippen molar-refractivity contribution in [2.24, 2.45) is 17.8 Å². The lowest BCUT2D eigenvalue weighted by molar-refractivity contribution is -0.148. The minimum Gasteiger partial charge on any atom is -0.394 e. The summed E-state index contributed by atoms with van der Waals surface area (Å²) in [4.78, 5) is 49.4. The molecule has 7 nitrogen and oxygen atoms in total. The molecule has 0 radical (unpaired) electrons. The van der Waals surface area contributed by atoms with Gasteiger partial charge in [-0.1, -0.05) is 75.6 Å². The number of fused-ring (bicyclic) bond motifs is 1. The Balaban J connectivity index is 1.55. The maximum Gasteiger partial charge on any atom is 0.247 e. The van der Waals surface area contributed by atoms with Crippen LogP contribution in [0.3, 0.4) is 0 Å². The molecule has 5 rings (SSSR count). The van der Waals surface area contributed by atoms with Gasteiger partial charge in [-0.2, -0.15) is 0 Å². The van der Waals surface area contributed by atoms with Crippen molar-refractivity contribution in [3.63, 3.8) is 0 Å². The summed E-state index contributed by atoms with van der Waals surface area (Å²) in [6, 6.07) is 8.84. The molecule has 1 N–H and O–H groups in total. The molecule has 42 heavy (non-hydrogen) atoms. The fraction of sp³-hybridized carbons (Fsp3) is 0.618. The second-order valence-electron chi connectivity index (χ2n) is 12.6. The molecule has 3 heterocycles. The lowest BCUT2D eigenvalue weighted by atomic mass is 9.65. The van der Waals surface area contributed by atoms with Crippen molar-refractivity contribution in [3.8, 4) is 0 Å². The van der Waals surface area contributed by atoms with Gasteiger partial charge in [0.2, 0.25) is 17.7 Å². The maximum absolute atomic E-state index is 14.8. The number of thioether (sulfide) groups is 1. The van der Waals surface area contributed by atoms with Gasteiger partial charge in [0.05, 0.1) is 29.2 Å². The normalized spacial score (nSPS) is 31.1. The minimum atomic E-state index is -0.709. The number of likely N-dealkylation sites (tertiary alicyclic amines) is 1. The Morgan fingerprint density at radius 3 is 2.43 bits per heavy atom. The summed E-state index contributed by atoms with van der Waals surface area (Å²) in [6.45, 7) is 13.0. The lowest BCUT2D eigenvalue weighted by Gasteiger charge is -2.44. The quantitative estimate of drug-likeness (QED) is 0.357. The Kier molecular flexibility index (Phi) is 9.53. The highest BCUT2D eigenvalue weighted by molar-refractivity contribution is 8.02. The average Bonchev–Trinajstić information content (AvgIpc) is 3.60. The third-order valence-corrected chi connectivity index (χ3v) is 12.4. The predicted octanol–water partition coefficient (Wildman–Crippen LogP) is 4.66. The molecule has 4 fully saturated rings. The number of nitrogens with zero attached hydrogens (tertiary/aromatic N) is 3. The van der Waals surface area contributed by atoms with E-state index in [1.54, 1.807) is 28.8 Å². The van der Waals surface area contributed by atoms with Crippen LogP contribution in [-0.4, -0.2) is 85.3 Å². The van der Waals surface area contributed by atoms with Gasteiger partial charge in [0.15, 0.2) is 0 Å². The number of hydrogen-bond acceptors (Lipinski definition) is 5. The average molecular weight is 594 g/mol. The third-order valence-electron chi connectivity index (χ3n) is 10.3. The first-order valence-electron chi connectivity index (χ1n) is 15.8. The van der Waals surface area contributed by atoms with Crippen LogP contribution in [0.2, 0.25) is 0 Å². The van der Waals surface area contributed by atoms with Crippen LogP contribution >= 0.6 is 11.8 Å². The van der Waals surface area contributed by atoms with Gasteiger partial charge in [-0.25, -0.2) is 0 Å². The van der Waals surface area contributed by atoms with E-state index < -0.39 is 28.7 Å². The maximum atomic E-state index is 14.8. The smallest absolute Gasteiger partial charge is 0.247 e. The van der Waals surface area contributed by atoms with Crippen LogP contribution in [0.5, 0.6) is 0 Å². The number of carbonyl (C=O) groups is 3. The number of aliphatic hydroxyl groups excluding tert-OH is 1. The topological polar surface area (TPSA) is 81.2 Å². The first-order valence-corrected chi connectivity index (χ1v) is 16.7. The molecule has 3 unspecified atom stereocenters. The SMILES string of the molecule is C=CCN(Cc1ccccc1)C(=O)[C@@H]1[C@H]2C(=O)N([C@@H](CC)CO)C(C(=O)N(CC=C)C3CCCCC3)C23S[C@@H]1CC3C. The van der Waals surface area contributed by atoms with E-state index in [4.69, 9.17) is 0 Å². The van der Waals surface area contributed by atoms with Crippen molar-refractivity contribution in [3.05, 3.63) is 61.2 Å². The van der Waals surface area contributed by atoms with E-state index >= 15 is 0 Å². The molecule has 8 heteroatoms. The molecule has 4 aliphatic rings. The second-order valence-corrected chi connectivity index (χ2v) is 14.2. The Morgan fingerprint density at radius 1 is 1.12 bits per heavy atom. The van der Waals surface area contributed by atoms with Crippen molar-refractivity contribution in [1.82, 2.24) is 14.7 Å². The Hall–Kier alpha value is -2.58. The van der Waals surface area contributed by atoms with Gasteiger partial charge in [0, 0.05) is 30.9 Å². The van der Waals surface area contributed by atoms with E-state index in [1.165, 1.54) is 6.42 Å². The van der Waals surface area contributed by atoms with Gasteiger partial charge in [-0.3, -0.25) is 14.4 Å². The van der Waals surface area contributed by atoms with Crippen molar-refractivity contribution >= 4 is 29.5 Å². The first-order chi connectivity index (χ1) is 20.3. The molecule has 2 bridgehead atoms. The molecule has 1 spiro atoms. The van der Waals surface area contributed by atoms with Crippen LogP contribution in [0, 0.1) is 17.8 Å². The molecule has 1 aromatic carbocycles. The monoisotopic (exact) mass is 593 g/mol. The van der Waals surface area contributed by atoms with E-state index in [0.29, 0.717) is 26.1 Å². The van der Waals surface area contributed by atoms with Crippen molar-refractivity contribution in [2.75, 3.05) is 19.7 Å². The molecule has 1 aromatic rings. The van der Waals surface area contributed by atoms with Crippen molar-refractivity contribution in [1.29, 1.82) is 0 Å². The molecular formula is C34H47N3O4S. The Morgan fingerprint density at radius 2 is 1.81 bits per heavy atom. The van der Waals surface area contributed by atoms with E-state index in [-0.39, 0.29) is 41.5 Å². The van der Waals surface area contributed by atoms with Gasteiger partial charge in [-0.05, 0) is 37.2 Å². The van der Waals surface area contributed by atoms with E-state index in [1.807, 2.05) is 47.1 Å². The summed E-state index contributed by atoms with van der Waals surface area (Å²) >= 11 is 1.71. The van der Waals surface area contributed by atoms with Crippen LogP contribution in [0.4, 0.5) is 0 Å². The van der Waals surface area contributed by atoms with Crippen molar-refractivity contribution in [2.45, 2.75) is 93.5 Å². The van der Waals surface area contributed by atoms with Gasteiger partial charge in [-0.15, -0.1) is 24.9 Å². The number of amides is 3. The zero-order valence-corrected chi connectivity index (χ0v) is 26.0. The predicted molar refractivity (Wildman–Crippen MR) is 168 cm³/mol. The molecular weight excluding hydrogens is 546 g/mol. The number of rotatable bonds is 12. The van der Waals surface area contributed by atoms with Crippen LogP contribution in [0.1, 0.15) is 64.4 Å². The van der Waals surface area contributed by atoms with Crippen molar-refractivity contribution < 1.29 is 19.5 Å². The summed E-state index contributed by atoms with van der Waals surface area (Å²) in [6.07, 6.45) is 10.1. The Labute approximate surface area is 255 Å². The zero-order chi connectivity index (χ0) is 30.0. The molecule has 1 aliphatic carbocycles. The van der Waals surface area contributed by atoms with E-state index in [2.05, 4.69) is 20.1 Å². The second kappa shape index (κ2) is 13.0. The molecule has 228 valence electrons. The van der Waals surface area contributed by atoms with Gasteiger partial charge in [0.1, 0.15) is 6.04 Å². The fourth-order valence-corrected chi connectivity index (χ4v) is 10.7. The van der Waals surface area contributed by atoms with Gasteiger partial charge < -0.3 is 19.8 Å². The third kappa shape index (κ3) is 5.12. The largest absolute Gasteiger partial charge is 0.394 e. The summed E-state index contributed by atoms with van der Waals surface area (Å²) in [5.41, 5.74) is 1.03. The van der Waals surface area contributed by atoms with E-state index in [0.717, 1.165) is 37.7 Å². The highest BCUT2D eigenvalue weighted by Gasteiger charge is 2.77. The summed E-state index contributed by atoms with van der Waals surface area (Å²) < 4.78 is -0.706. The molecule has 0 aromatic heterocycles. The fourth-order valence-electron chi connectivity index (χ4n) is 8.34. The van der Waals surface area contributed by atoms with E-state index in [9.17, 15) is 19.5 Å². The van der Waals surface area contributed by atoms with Gasteiger partial charge >= 0.3 is 0 Å². The van der Waals surface area contributed by atoms with Crippen LogP contribution < -0.4 is 0 Å². The number of aliphatic hydroxyl groups is 1. The minimum absolute atomic E-state index is 0.0290. The van der Waals surface area contributed by atoms with Crippen LogP contribution in [0.15, 0.2) is 55.6 Å². The molecule has 3 amide bonds. The molecule has 1 saturated carbocycles. The highest BCUT2D eigenvalue weighted by Crippen LogP contribution is 2.69. The highest BCUT2D eigenvalue weighted by atomic mass is 32.2. The first kappa shape index (κ1) is 30.9. The Bertz CT molecular complexity index is 1170. The van der Waals surface area contributed by atoms with Crippen LogP contribution in [0.25, 0.3) is 0 Å². The summed E-state index contributed by atoms with van der Waals surface area (Å²) in [5, 5.41) is 10.4. The number of hydrogen-bond donors (Lipinski definition) is 1. The zero-order valence-electron chi connectivity index (χ0n) is 25.2. The molecule has 7 atom stereocenters. The summed E-state index contributed by atoms with van der Waals surface area (Å²) in [5.74, 6) is -1.25. The number of carbonyl (C=O) groups excluding carboxylic acids is 3. The lowest BCUT2D eigenvalue weighted by Crippen LogP contribution is -2.60. The molecule has 3 saturated heterocycles. The summed E-state index contributed by atoms with van der Waals surface area (Å²) in [7, 11) is 0. The van der Waals surface area contributed by atoms with Crippen LogP contribution in [-0.2, 0) is 20.9 Å². The van der Waals surface area contributed by atoms with Gasteiger partial charge in [0.25, 0.3) is 0 Å². The number of benzene rings is 1. The molecule has 3 aliphatic heterocycles.